The highest BCUT2D eigenvalue weighted by molar-refractivity contribution is 5.92. The van der Waals surface area contributed by atoms with Crippen molar-refractivity contribution in [1.82, 2.24) is 10.2 Å². The standard InChI is InChI=1S/C19H30N2O4/c22-17(20-14-5-3-1-2-4-6-14)15-13-16(15)18(23)21-9-7-19(8-10-21)24-11-12-25-19/h14-16H,1-13H2,(H,20,22). The summed E-state index contributed by atoms with van der Waals surface area (Å²) in [6, 6.07) is 0.317. The van der Waals surface area contributed by atoms with Crippen LogP contribution in [0.4, 0.5) is 0 Å². The molecule has 1 N–H and O–H groups in total. The molecule has 4 fully saturated rings. The van der Waals surface area contributed by atoms with Crippen LogP contribution in [0.25, 0.3) is 0 Å². The molecule has 0 aromatic rings. The van der Waals surface area contributed by atoms with Crippen LogP contribution in [-0.2, 0) is 19.1 Å². The summed E-state index contributed by atoms with van der Waals surface area (Å²) in [5.41, 5.74) is 0. The van der Waals surface area contributed by atoms with E-state index in [4.69, 9.17) is 9.47 Å². The van der Waals surface area contributed by atoms with Crippen molar-refractivity contribution in [3.63, 3.8) is 0 Å². The highest BCUT2D eigenvalue weighted by Gasteiger charge is 2.51. The molecule has 0 aromatic carbocycles. The van der Waals surface area contributed by atoms with Gasteiger partial charge in [-0.2, -0.15) is 0 Å². The summed E-state index contributed by atoms with van der Waals surface area (Å²) in [6.45, 7) is 2.65. The molecule has 2 saturated heterocycles. The van der Waals surface area contributed by atoms with Crippen molar-refractivity contribution in [2.45, 2.75) is 69.6 Å². The Hall–Kier alpha value is -1.14. The van der Waals surface area contributed by atoms with E-state index in [0.29, 0.717) is 38.8 Å². The fraction of sp³-hybridized carbons (Fsp3) is 0.895. The van der Waals surface area contributed by atoms with E-state index in [1.807, 2.05) is 4.90 Å². The van der Waals surface area contributed by atoms with Crippen molar-refractivity contribution in [2.75, 3.05) is 26.3 Å². The maximum absolute atomic E-state index is 12.7. The lowest BCUT2D eigenvalue weighted by Gasteiger charge is -2.37. The van der Waals surface area contributed by atoms with E-state index < -0.39 is 5.79 Å². The zero-order chi connectivity index (χ0) is 17.3. The SMILES string of the molecule is O=C(NC1CCCCCC1)C1CC1C(=O)N1CCC2(CC1)OCCO2. The first-order valence-electron chi connectivity index (χ1n) is 10.0. The number of rotatable bonds is 3. The molecule has 4 rings (SSSR count). The monoisotopic (exact) mass is 350 g/mol. The Bertz CT molecular complexity index is 500. The first kappa shape index (κ1) is 17.3. The molecule has 0 aromatic heterocycles. The van der Waals surface area contributed by atoms with Crippen LogP contribution in [0, 0.1) is 11.8 Å². The quantitative estimate of drug-likeness (QED) is 0.789. The van der Waals surface area contributed by atoms with E-state index in [2.05, 4.69) is 5.32 Å². The zero-order valence-corrected chi connectivity index (χ0v) is 15.0. The fourth-order valence-corrected chi connectivity index (χ4v) is 4.58. The van der Waals surface area contributed by atoms with Crippen molar-refractivity contribution >= 4 is 11.8 Å². The molecule has 2 heterocycles. The fourth-order valence-electron chi connectivity index (χ4n) is 4.58. The Balaban J connectivity index is 1.23. The molecule has 2 atom stereocenters. The minimum atomic E-state index is -0.448. The average Bonchev–Trinajstić information content (AvgIpc) is 3.36. The van der Waals surface area contributed by atoms with Gasteiger partial charge in [0.1, 0.15) is 0 Å². The number of likely N-dealkylation sites (tertiary alicyclic amines) is 1. The van der Waals surface area contributed by atoms with Crippen LogP contribution >= 0.6 is 0 Å². The topological polar surface area (TPSA) is 67.9 Å². The smallest absolute Gasteiger partial charge is 0.226 e. The number of nitrogens with one attached hydrogen (secondary N) is 1. The second kappa shape index (κ2) is 7.23. The van der Waals surface area contributed by atoms with Crippen molar-refractivity contribution in [2.24, 2.45) is 11.8 Å². The van der Waals surface area contributed by atoms with E-state index >= 15 is 0 Å². The number of ether oxygens (including phenoxy) is 2. The zero-order valence-electron chi connectivity index (χ0n) is 15.0. The molecule has 2 amide bonds. The van der Waals surface area contributed by atoms with Crippen LogP contribution in [0.2, 0.25) is 0 Å². The predicted molar refractivity (Wildman–Crippen MR) is 91.7 cm³/mol. The van der Waals surface area contributed by atoms with Gasteiger partial charge in [-0.1, -0.05) is 25.7 Å². The number of amides is 2. The summed E-state index contributed by atoms with van der Waals surface area (Å²) in [6.07, 6.45) is 9.34. The van der Waals surface area contributed by atoms with Gasteiger partial charge in [0.15, 0.2) is 5.79 Å². The molecule has 4 aliphatic rings. The first-order chi connectivity index (χ1) is 12.2. The molecule has 2 aliphatic heterocycles. The Morgan fingerprint density at radius 1 is 0.920 bits per heavy atom. The van der Waals surface area contributed by atoms with Crippen LogP contribution < -0.4 is 5.32 Å². The maximum atomic E-state index is 12.7. The van der Waals surface area contributed by atoms with Gasteiger partial charge < -0.3 is 19.7 Å². The number of carbonyl (C=O) groups is 2. The summed E-state index contributed by atoms with van der Waals surface area (Å²) < 4.78 is 11.4. The van der Waals surface area contributed by atoms with E-state index in [0.717, 1.165) is 25.7 Å². The minimum absolute atomic E-state index is 0.0983. The van der Waals surface area contributed by atoms with E-state index in [1.165, 1.54) is 25.7 Å². The van der Waals surface area contributed by atoms with Gasteiger partial charge in [0.2, 0.25) is 11.8 Å². The third-order valence-corrected chi connectivity index (χ3v) is 6.30. The number of piperidine rings is 1. The lowest BCUT2D eigenvalue weighted by atomic mass is 10.0. The minimum Gasteiger partial charge on any atom is -0.353 e. The number of carbonyl (C=O) groups excluding carboxylic acids is 2. The molecule has 2 saturated carbocycles. The van der Waals surface area contributed by atoms with Gasteiger partial charge in [-0.3, -0.25) is 9.59 Å². The summed E-state index contributed by atoms with van der Waals surface area (Å²) >= 11 is 0. The summed E-state index contributed by atoms with van der Waals surface area (Å²) in [7, 11) is 0. The van der Waals surface area contributed by atoms with E-state index in [1.54, 1.807) is 0 Å². The highest BCUT2D eigenvalue weighted by atomic mass is 16.7. The maximum Gasteiger partial charge on any atom is 0.226 e. The van der Waals surface area contributed by atoms with Gasteiger partial charge in [0.25, 0.3) is 0 Å². The summed E-state index contributed by atoms with van der Waals surface area (Å²) in [5.74, 6) is -0.415. The Morgan fingerprint density at radius 2 is 1.56 bits per heavy atom. The summed E-state index contributed by atoms with van der Waals surface area (Å²) in [4.78, 5) is 27.1. The highest BCUT2D eigenvalue weighted by Crippen LogP contribution is 2.42. The van der Waals surface area contributed by atoms with Crippen LogP contribution in [-0.4, -0.2) is 54.8 Å². The molecule has 2 unspecified atom stereocenters. The van der Waals surface area contributed by atoms with Gasteiger partial charge in [-0.05, 0) is 19.3 Å². The lowest BCUT2D eigenvalue weighted by molar-refractivity contribution is -0.187. The first-order valence-corrected chi connectivity index (χ1v) is 10.0. The molecule has 1 spiro atoms. The number of hydrogen-bond donors (Lipinski definition) is 1. The van der Waals surface area contributed by atoms with E-state index in [9.17, 15) is 9.59 Å². The van der Waals surface area contributed by atoms with Crippen molar-refractivity contribution in [3.8, 4) is 0 Å². The molecule has 25 heavy (non-hydrogen) atoms. The van der Waals surface area contributed by atoms with Gasteiger partial charge in [-0.15, -0.1) is 0 Å². The predicted octanol–water partition coefficient (Wildman–Crippen LogP) is 1.83. The number of hydrogen-bond acceptors (Lipinski definition) is 4. The van der Waals surface area contributed by atoms with Crippen LogP contribution in [0.3, 0.4) is 0 Å². The van der Waals surface area contributed by atoms with Gasteiger partial charge in [0, 0.05) is 32.0 Å². The Kier molecular flexibility index (Phi) is 5.00. The third-order valence-electron chi connectivity index (χ3n) is 6.30. The lowest BCUT2D eigenvalue weighted by Crippen LogP contribution is -2.48. The van der Waals surface area contributed by atoms with Gasteiger partial charge in [0.05, 0.1) is 25.0 Å². The molecule has 0 bridgehead atoms. The second-order valence-corrected chi connectivity index (χ2v) is 8.08. The van der Waals surface area contributed by atoms with Crippen molar-refractivity contribution in [1.29, 1.82) is 0 Å². The summed E-state index contributed by atoms with van der Waals surface area (Å²) in [5, 5.41) is 3.20. The van der Waals surface area contributed by atoms with Crippen molar-refractivity contribution in [3.05, 3.63) is 0 Å². The van der Waals surface area contributed by atoms with Crippen LogP contribution in [0.15, 0.2) is 0 Å². The molecular formula is C19H30N2O4. The molecule has 6 nitrogen and oxygen atoms in total. The Morgan fingerprint density at radius 3 is 2.20 bits per heavy atom. The normalized spacial score (nSPS) is 32.4. The van der Waals surface area contributed by atoms with Gasteiger partial charge >= 0.3 is 0 Å². The molecule has 2 aliphatic carbocycles. The van der Waals surface area contributed by atoms with E-state index in [-0.39, 0.29) is 23.7 Å². The van der Waals surface area contributed by atoms with Crippen molar-refractivity contribution < 1.29 is 19.1 Å². The molecule has 0 radical (unpaired) electrons. The molecular weight excluding hydrogens is 320 g/mol. The van der Waals surface area contributed by atoms with Crippen LogP contribution in [0.1, 0.15) is 57.8 Å². The molecule has 6 heteroatoms. The Labute approximate surface area is 149 Å². The largest absolute Gasteiger partial charge is 0.353 e. The molecule has 140 valence electrons. The second-order valence-electron chi connectivity index (χ2n) is 8.08. The average molecular weight is 350 g/mol. The third kappa shape index (κ3) is 3.85. The van der Waals surface area contributed by atoms with Gasteiger partial charge in [-0.25, -0.2) is 0 Å². The number of nitrogens with zero attached hydrogens (tertiary/aromatic N) is 1. The van der Waals surface area contributed by atoms with Crippen LogP contribution in [0.5, 0.6) is 0 Å².